The zero-order valence-corrected chi connectivity index (χ0v) is 18.1. The minimum absolute atomic E-state index is 0.00859. The van der Waals surface area contributed by atoms with Gasteiger partial charge in [-0.25, -0.2) is 0 Å². The highest BCUT2D eigenvalue weighted by Crippen LogP contribution is 2.31. The fourth-order valence-corrected chi connectivity index (χ4v) is 4.67. The van der Waals surface area contributed by atoms with E-state index in [4.69, 9.17) is 4.74 Å². The van der Waals surface area contributed by atoms with Gasteiger partial charge in [0, 0.05) is 50.4 Å². The Morgan fingerprint density at radius 2 is 1.83 bits per heavy atom. The molecule has 1 aromatic carbocycles. The number of nitro groups is 1. The molecule has 1 amide bonds. The minimum atomic E-state index is -0.384. The SMILES string of the molecule is CCC(CC)[C@@H](CNC(=O)c1ccc(N2CCCC2)c([N+](=O)[O-])c1)N1CCOCC1. The molecule has 0 unspecified atom stereocenters. The van der Waals surface area contributed by atoms with E-state index in [1.54, 1.807) is 12.1 Å². The van der Waals surface area contributed by atoms with Gasteiger partial charge in [-0.15, -0.1) is 0 Å². The van der Waals surface area contributed by atoms with Crippen LogP contribution in [0.15, 0.2) is 18.2 Å². The lowest BCUT2D eigenvalue weighted by Crippen LogP contribution is -2.52. The molecule has 2 fully saturated rings. The monoisotopic (exact) mass is 418 g/mol. The van der Waals surface area contributed by atoms with Crippen LogP contribution >= 0.6 is 0 Å². The van der Waals surface area contributed by atoms with Crippen molar-refractivity contribution in [2.24, 2.45) is 5.92 Å². The molecule has 8 heteroatoms. The normalized spacial score (nSPS) is 18.6. The van der Waals surface area contributed by atoms with Gasteiger partial charge in [-0.3, -0.25) is 19.8 Å². The maximum Gasteiger partial charge on any atom is 0.293 e. The predicted octanol–water partition coefficient (Wildman–Crippen LogP) is 3.06. The smallest absolute Gasteiger partial charge is 0.293 e. The Bertz CT molecular complexity index is 726. The minimum Gasteiger partial charge on any atom is -0.379 e. The number of carbonyl (C=O) groups excluding carboxylic acids is 1. The second kappa shape index (κ2) is 10.7. The van der Waals surface area contributed by atoms with Gasteiger partial charge in [0.15, 0.2) is 0 Å². The predicted molar refractivity (Wildman–Crippen MR) is 117 cm³/mol. The van der Waals surface area contributed by atoms with E-state index in [-0.39, 0.29) is 22.6 Å². The van der Waals surface area contributed by atoms with E-state index in [0.29, 0.717) is 23.7 Å². The molecule has 2 aliphatic rings. The molecule has 2 heterocycles. The molecule has 30 heavy (non-hydrogen) atoms. The van der Waals surface area contributed by atoms with Crippen molar-refractivity contribution >= 4 is 17.3 Å². The number of carbonyl (C=O) groups is 1. The van der Waals surface area contributed by atoms with Crippen LogP contribution in [0.1, 0.15) is 49.9 Å². The van der Waals surface area contributed by atoms with Crippen LogP contribution in [0, 0.1) is 16.0 Å². The Hall–Kier alpha value is -2.19. The summed E-state index contributed by atoms with van der Waals surface area (Å²) >= 11 is 0. The van der Waals surface area contributed by atoms with E-state index in [1.165, 1.54) is 6.07 Å². The van der Waals surface area contributed by atoms with Gasteiger partial charge in [-0.2, -0.15) is 0 Å². The van der Waals surface area contributed by atoms with E-state index in [2.05, 4.69) is 24.1 Å². The molecule has 3 rings (SSSR count). The number of nitrogens with zero attached hydrogens (tertiary/aromatic N) is 3. The third kappa shape index (κ3) is 5.29. The molecule has 0 spiro atoms. The molecule has 8 nitrogen and oxygen atoms in total. The fraction of sp³-hybridized carbons (Fsp3) is 0.682. The van der Waals surface area contributed by atoms with Gasteiger partial charge in [-0.05, 0) is 30.9 Å². The Balaban J connectivity index is 1.71. The molecule has 0 aliphatic carbocycles. The maximum atomic E-state index is 12.8. The van der Waals surface area contributed by atoms with E-state index in [1.807, 2.05) is 4.90 Å². The largest absolute Gasteiger partial charge is 0.379 e. The second-order valence-corrected chi connectivity index (χ2v) is 8.16. The highest BCUT2D eigenvalue weighted by molar-refractivity contribution is 5.95. The first-order valence-electron chi connectivity index (χ1n) is 11.2. The van der Waals surface area contributed by atoms with Crippen molar-refractivity contribution in [3.05, 3.63) is 33.9 Å². The summed E-state index contributed by atoms with van der Waals surface area (Å²) in [4.78, 5) is 28.5. The Morgan fingerprint density at radius 1 is 1.17 bits per heavy atom. The van der Waals surface area contributed by atoms with Crippen LogP contribution in [0.2, 0.25) is 0 Å². The molecule has 0 saturated carbocycles. The topological polar surface area (TPSA) is 88.0 Å². The third-order valence-electron chi connectivity index (χ3n) is 6.46. The van der Waals surface area contributed by atoms with E-state index < -0.39 is 0 Å². The lowest BCUT2D eigenvalue weighted by molar-refractivity contribution is -0.384. The molecular weight excluding hydrogens is 384 g/mol. The van der Waals surface area contributed by atoms with Crippen molar-refractivity contribution in [3.8, 4) is 0 Å². The van der Waals surface area contributed by atoms with Crippen LogP contribution in [0.25, 0.3) is 0 Å². The van der Waals surface area contributed by atoms with Gasteiger partial charge in [-0.1, -0.05) is 26.7 Å². The van der Waals surface area contributed by atoms with Crippen molar-refractivity contribution in [3.63, 3.8) is 0 Å². The lowest BCUT2D eigenvalue weighted by Gasteiger charge is -2.38. The zero-order chi connectivity index (χ0) is 21.5. The summed E-state index contributed by atoms with van der Waals surface area (Å²) in [5.41, 5.74) is 0.960. The first kappa shape index (κ1) is 22.5. The molecule has 1 aromatic rings. The number of nitro benzene ring substituents is 1. The zero-order valence-electron chi connectivity index (χ0n) is 18.1. The van der Waals surface area contributed by atoms with Gasteiger partial charge in [0.2, 0.25) is 0 Å². The standard InChI is InChI=1S/C22H34N4O4/c1-3-17(4-2)21(25-11-13-30-14-12-25)16-23-22(27)18-7-8-19(20(15-18)26(28)29)24-9-5-6-10-24/h7-8,15,17,21H,3-6,9-14,16H2,1-2H3,(H,23,27)/t21-/m1/s1. The van der Waals surface area contributed by atoms with Crippen LogP contribution in [0.3, 0.4) is 0 Å². The fourth-order valence-electron chi connectivity index (χ4n) is 4.67. The maximum absolute atomic E-state index is 12.8. The molecule has 0 radical (unpaired) electrons. The van der Waals surface area contributed by atoms with E-state index in [9.17, 15) is 14.9 Å². The van der Waals surface area contributed by atoms with Gasteiger partial charge in [0.1, 0.15) is 5.69 Å². The van der Waals surface area contributed by atoms with Gasteiger partial charge < -0.3 is 15.0 Å². The molecule has 166 valence electrons. The Morgan fingerprint density at radius 3 is 2.43 bits per heavy atom. The lowest BCUT2D eigenvalue weighted by atomic mass is 9.92. The second-order valence-electron chi connectivity index (χ2n) is 8.16. The van der Waals surface area contributed by atoms with Crippen molar-refractivity contribution in [1.82, 2.24) is 10.2 Å². The number of amides is 1. The average molecular weight is 419 g/mol. The number of benzene rings is 1. The molecule has 0 bridgehead atoms. The van der Waals surface area contributed by atoms with Crippen LogP contribution in [0.4, 0.5) is 11.4 Å². The highest BCUT2D eigenvalue weighted by Gasteiger charge is 2.28. The van der Waals surface area contributed by atoms with Gasteiger partial charge in [0.25, 0.3) is 11.6 Å². The highest BCUT2D eigenvalue weighted by atomic mass is 16.6. The van der Waals surface area contributed by atoms with Crippen molar-refractivity contribution in [2.45, 2.75) is 45.6 Å². The molecule has 0 aromatic heterocycles. The number of morpholine rings is 1. The summed E-state index contributed by atoms with van der Waals surface area (Å²) in [6, 6.07) is 5.09. The third-order valence-corrected chi connectivity index (χ3v) is 6.46. The van der Waals surface area contributed by atoms with Crippen molar-refractivity contribution < 1.29 is 14.5 Å². The number of rotatable bonds is 9. The van der Waals surface area contributed by atoms with Crippen LogP contribution in [0.5, 0.6) is 0 Å². The molecular formula is C22H34N4O4. The summed E-state index contributed by atoms with van der Waals surface area (Å²) in [5, 5.41) is 14.7. The number of ether oxygens (including phenoxy) is 1. The summed E-state index contributed by atoms with van der Waals surface area (Å²) < 4.78 is 5.48. The number of hydrogen-bond donors (Lipinski definition) is 1. The number of nitrogens with one attached hydrogen (secondary N) is 1. The molecule has 1 N–H and O–H groups in total. The summed E-state index contributed by atoms with van der Waals surface area (Å²) in [7, 11) is 0. The number of hydrogen-bond acceptors (Lipinski definition) is 6. The van der Waals surface area contributed by atoms with Crippen molar-refractivity contribution in [1.29, 1.82) is 0 Å². The summed E-state index contributed by atoms with van der Waals surface area (Å²) in [5.74, 6) is 0.227. The van der Waals surface area contributed by atoms with Crippen LogP contribution < -0.4 is 10.2 Å². The molecule has 2 aliphatic heterocycles. The number of anilines is 1. The van der Waals surface area contributed by atoms with Gasteiger partial charge >= 0.3 is 0 Å². The van der Waals surface area contributed by atoms with Gasteiger partial charge in [0.05, 0.1) is 18.1 Å². The van der Waals surface area contributed by atoms with E-state index in [0.717, 1.165) is 65.1 Å². The summed E-state index contributed by atoms with van der Waals surface area (Å²) in [6.45, 7) is 9.72. The first-order valence-corrected chi connectivity index (χ1v) is 11.2. The molecule has 1 atom stereocenters. The van der Waals surface area contributed by atoms with E-state index >= 15 is 0 Å². The Kier molecular flexibility index (Phi) is 8.04. The Labute approximate surface area is 178 Å². The summed E-state index contributed by atoms with van der Waals surface area (Å²) in [6.07, 6.45) is 4.17. The van der Waals surface area contributed by atoms with Crippen LogP contribution in [-0.4, -0.2) is 67.7 Å². The van der Waals surface area contributed by atoms with Crippen molar-refractivity contribution in [2.75, 3.05) is 50.8 Å². The first-order chi connectivity index (χ1) is 14.5. The van der Waals surface area contributed by atoms with Crippen LogP contribution in [-0.2, 0) is 4.74 Å². The quantitative estimate of drug-likeness (QED) is 0.490. The average Bonchev–Trinajstić information content (AvgIpc) is 3.31. The molecule has 2 saturated heterocycles.